The van der Waals surface area contributed by atoms with Crippen LogP contribution in [0.3, 0.4) is 0 Å². The first-order valence-corrected chi connectivity index (χ1v) is 11.9. The molecule has 36 heavy (non-hydrogen) atoms. The Bertz CT molecular complexity index is 1300. The summed E-state index contributed by atoms with van der Waals surface area (Å²) in [5.74, 6) is 0.119. The van der Waals surface area contributed by atoms with Gasteiger partial charge in [-0.3, -0.25) is 9.59 Å². The molecule has 190 valence electrons. The highest BCUT2D eigenvalue weighted by Crippen LogP contribution is 2.46. The van der Waals surface area contributed by atoms with Gasteiger partial charge in [0.15, 0.2) is 0 Å². The van der Waals surface area contributed by atoms with E-state index >= 15 is 0 Å². The third kappa shape index (κ3) is 5.50. The zero-order valence-electron chi connectivity index (χ0n) is 21.3. The number of fused-ring (bicyclic) bond motifs is 1. The highest BCUT2D eigenvalue weighted by Gasteiger charge is 2.46. The zero-order valence-corrected chi connectivity index (χ0v) is 21.3. The van der Waals surface area contributed by atoms with E-state index < -0.39 is 11.7 Å². The predicted molar refractivity (Wildman–Crippen MR) is 135 cm³/mol. The minimum Gasteiger partial charge on any atom is -0.469 e. The second kappa shape index (κ2) is 9.64. The summed E-state index contributed by atoms with van der Waals surface area (Å²) >= 11 is 0. The van der Waals surface area contributed by atoms with Crippen LogP contribution in [0.15, 0.2) is 42.5 Å². The fourth-order valence-corrected chi connectivity index (χ4v) is 4.13. The Morgan fingerprint density at radius 2 is 1.78 bits per heavy atom. The molecule has 0 bridgehead atoms. The number of hydrogen-bond acceptors (Lipinski definition) is 6. The van der Waals surface area contributed by atoms with Gasteiger partial charge in [-0.1, -0.05) is 24.3 Å². The Hall–Kier alpha value is -3.88. The van der Waals surface area contributed by atoms with Crippen LogP contribution >= 0.6 is 0 Å². The number of methoxy groups -OCH3 is 1. The third-order valence-electron chi connectivity index (χ3n) is 6.17. The van der Waals surface area contributed by atoms with Gasteiger partial charge in [0, 0.05) is 24.7 Å². The lowest BCUT2D eigenvalue weighted by molar-refractivity contribution is -0.140. The quantitative estimate of drug-likeness (QED) is 0.482. The molecule has 3 aromatic rings. The summed E-state index contributed by atoms with van der Waals surface area (Å²) in [5.41, 5.74) is 3.08. The number of nitrogens with one attached hydrogen (secondary N) is 2. The molecule has 4 rings (SSSR count). The summed E-state index contributed by atoms with van der Waals surface area (Å²) in [5, 5.41) is 5.75. The van der Waals surface area contributed by atoms with Gasteiger partial charge in [-0.15, -0.1) is 0 Å². The summed E-state index contributed by atoms with van der Waals surface area (Å²) < 4.78 is 12.0. The van der Waals surface area contributed by atoms with E-state index in [9.17, 15) is 14.4 Å². The van der Waals surface area contributed by atoms with Crippen molar-refractivity contribution in [3.63, 3.8) is 0 Å². The van der Waals surface area contributed by atoms with Crippen LogP contribution in [0.4, 0.5) is 4.79 Å². The molecule has 0 aliphatic heterocycles. The fraction of sp³-hybridized carbons (Fsp3) is 0.407. The normalized spacial score (nSPS) is 14.2. The van der Waals surface area contributed by atoms with Gasteiger partial charge in [-0.05, 0) is 57.4 Å². The average molecular weight is 493 g/mol. The molecule has 1 aliphatic rings. The number of nitrogens with zero attached hydrogens (tertiary/aromatic N) is 2. The first-order chi connectivity index (χ1) is 17.0. The fourth-order valence-electron chi connectivity index (χ4n) is 4.13. The van der Waals surface area contributed by atoms with Crippen LogP contribution in [0.25, 0.3) is 22.4 Å². The number of ether oxygens (including phenoxy) is 2. The van der Waals surface area contributed by atoms with Gasteiger partial charge >= 0.3 is 12.1 Å². The number of esters is 1. The Labute approximate surface area is 210 Å². The number of hydrogen-bond donors (Lipinski definition) is 2. The smallest absolute Gasteiger partial charge is 0.408 e. The molecule has 2 aromatic carbocycles. The van der Waals surface area contributed by atoms with E-state index in [1.807, 2.05) is 62.7 Å². The summed E-state index contributed by atoms with van der Waals surface area (Å²) in [6.07, 6.45) is 1.43. The van der Waals surface area contributed by atoms with Gasteiger partial charge in [0.05, 0.1) is 30.1 Å². The maximum Gasteiger partial charge on any atom is 0.408 e. The lowest BCUT2D eigenvalue weighted by Crippen LogP contribution is -2.39. The first-order valence-electron chi connectivity index (χ1n) is 11.9. The molecule has 0 radical (unpaired) electrons. The van der Waals surface area contributed by atoms with Crippen molar-refractivity contribution in [1.29, 1.82) is 0 Å². The van der Waals surface area contributed by atoms with E-state index in [4.69, 9.17) is 9.72 Å². The van der Waals surface area contributed by atoms with E-state index in [0.717, 1.165) is 35.3 Å². The van der Waals surface area contributed by atoms with E-state index in [2.05, 4.69) is 15.4 Å². The zero-order chi connectivity index (χ0) is 26.1. The number of amides is 2. The number of imidazole rings is 1. The van der Waals surface area contributed by atoms with Gasteiger partial charge < -0.3 is 24.7 Å². The van der Waals surface area contributed by atoms with Crippen molar-refractivity contribution >= 4 is 29.0 Å². The minimum absolute atomic E-state index is 0.114. The molecule has 2 N–H and O–H groups in total. The molecular weight excluding hydrogens is 460 g/mol. The van der Waals surface area contributed by atoms with Gasteiger partial charge in [0.1, 0.15) is 11.4 Å². The Kier molecular flexibility index (Phi) is 6.75. The molecule has 1 aromatic heterocycles. The Balaban J connectivity index is 1.49. The van der Waals surface area contributed by atoms with Crippen LogP contribution in [0.1, 0.15) is 56.0 Å². The molecular formula is C27H32N4O5. The Morgan fingerprint density at radius 1 is 1.08 bits per heavy atom. The second-order valence-electron chi connectivity index (χ2n) is 10.1. The summed E-state index contributed by atoms with van der Waals surface area (Å²) in [6, 6.07) is 13.4. The number of alkyl carbamates (subject to hydrolysis) is 1. The molecule has 1 saturated carbocycles. The van der Waals surface area contributed by atoms with Crippen LogP contribution in [0.2, 0.25) is 0 Å². The number of carbonyl (C=O) groups excluding carboxylic acids is 3. The van der Waals surface area contributed by atoms with E-state index in [1.165, 1.54) is 7.11 Å². The number of benzene rings is 2. The van der Waals surface area contributed by atoms with Crippen molar-refractivity contribution in [2.24, 2.45) is 7.05 Å². The number of rotatable bonds is 7. The second-order valence-corrected chi connectivity index (χ2v) is 10.1. The van der Waals surface area contributed by atoms with Crippen molar-refractivity contribution in [2.45, 2.75) is 51.2 Å². The van der Waals surface area contributed by atoms with Gasteiger partial charge in [0.25, 0.3) is 5.91 Å². The van der Waals surface area contributed by atoms with Crippen molar-refractivity contribution in [1.82, 2.24) is 20.2 Å². The summed E-state index contributed by atoms with van der Waals surface area (Å²) in [4.78, 5) is 40.8. The van der Waals surface area contributed by atoms with Crippen molar-refractivity contribution < 1.29 is 23.9 Å². The number of aryl methyl sites for hydroxylation is 1. The SMILES string of the molecule is COC(=O)CCNC(=O)c1ccc2c(c1)nc(-c1ccc(C3(NC(=O)OC(C)(C)C)CC3)cc1)n2C. The molecule has 1 fully saturated rings. The van der Waals surface area contributed by atoms with E-state index in [1.54, 1.807) is 12.1 Å². The standard InChI is InChI=1S/C27H32N4O5/c1-26(2,3)36-25(34)30-27(13-14-27)19-9-6-17(7-10-19)23-29-20-16-18(8-11-21(20)31(23)4)24(33)28-15-12-22(32)35-5/h6-11,16H,12-15H2,1-5H3,(H,28,33)(H,30,34). The van der Waals surface area contributed by atoms with Crippen LogP contribution in [0, 0.1) is 0 Å². The summed E-state index contributed by atoms with van der Waals surface area (Å²) in [6.45, 7) is 5.74. The molecule has 0 spiro atoms. The van der Waals surface area contributed by atoms with Crippen molar-refractivity contribution in [3.8, 4) is 11.4 Å². The largest absolute Gasteiger partial charge is 0.469 e. The lowest BCUT2D eigenvalue weighted by atomic mass is 10.0. The van der Waals surface area contributed by atoms with Crippen LogP contribution < -0.4 is 10.6 Å². The average Bonchev–Trinajstić information content (AvgIpc) is 3.53. The maximum absolute atomic E-state index is 12.5. The van der Waals surface area contributed by atoms with E-state index in [0.29, 0.717) is 11.1 Å². The molecule has 0 atom stereocenters. The highest BCUT2D eigenvalue weighted by molar-refractivity contribution is 5.98. The first kappa shape index (κ1) is 25.2. The van der Waals surface area contributed by atoms with Crippen molar-refractivity contribution in [2.75, 3.05) is 13.7 Å². The third-order valence-corrected chi connectivity index (χ3v) is 6.17. The molecule has 1 heterocycles. The van der Waals surface area contributed by atoms with Crippen LogP contribution in [-0.2, 0) is 26.9 Å². The predicted octanol–water partition coefficient (Wildman–Crippen LogP) is 4.05. The summed E-state index contributed by atoms with van der Waals surface area (Å²) in [7, 11) is 3.25. The minimum atomic E-state index is -0.548. The van der Waals surface area contributed by atoms with Crippen LogP contribution in [-0.4, -0.2) is 46.8 Å². The molecule has 9 nitrogen and oxygen atoms in total. The number of carbonyl (C=O) groups is 3. The highest BCUT2D eigenvalue weighted by atomic mass is 16.6. The number of aromatic nitrogens is 2. The molecule has 2 amide bonds. The Morgan fingerprint density at radius 3 is 2.39 bits per heavy atom. The van der Waals surface area contributed by atoms with E-state index in [-0.39, 0.29) is 30.4 Å². The molecule has 1 aliphatic carbocycles. The maximum atomic E-state index is 12.5. The molecule has 9 heteroatoms. The van der Waals surface area contributed by atoms with Crippen LogP contribution in [0.5, 0.6) is 0 Å². The monoisotopic (exact) mass is 492 g/mol. The van der Waals surface area contributed by atoms with Crippen molar-refractivity contribution in [3.05, 3.63) is 53.6 Å². The molecule has 0 unspecified atom stereocenters. The van der Waals surface area contributed by atoms with Gasteiger partial charge in [-0.25, -0.2) is 9.78 Å². The van der Waals surface area contributed by atoms with Gasteiger partial charge in [-0.2, -0.15) is 0 Å². The topological polar surface area (TPSA) is 112 Å². The lowest BCUT2D eigenvalue weighted by Gasteiger charge is -2.23. The molecule has 0 saturated heterocycles. The van der Waals surface area contributed by atoms with Gasteiger partial charge in [0.2, 0.25) is 0 Å².